The number of nitrogens with one attached hydrogen (secondary N) is 1. The van der Waals surface area contributed by atoms with E-state index >= 15 is 0 Å². The van der Waals surface area contributed by atoms with Crippen molar-refractivity contribution >= 4 is 5.69 Å². The molecule has 0 aliphatic carbocycles. The van der Waals surface area contributed by atoms with E-state index in [2.05, 4.69) is 28.1 Å². The number of anilines is 1. The van der Waals surface area contributed by atoms with Gasteiger partial charge in [0, 0.05) is 43.0 Å². The number of piperazine rings is 1. The molecule has 2 unspecified atom stereocenters. The summed E-state index contributed by atoms with van der Waals surface area (Å²) in [5.74, 6) is -0.0992. The predicted octanol–water partition coefficient (Wildman–Crippen LogP) is 2.22. The first-order chi connectivity index (χ1) is 9.70. The number of benzene rings is 1. The summed E-state index contributed by atoms with van der Waals surface area (Å²) < 4.78 is 14.1. The molecule has 110 valence electrons. The molecule has 20 heavy (non-hydrogen) atoms. The minimum Gasteiger partial charge on any atom is -0.366 e. The Bertz CT molecular complexity index is 477. The molecule has 2 aliphatic rings. The van der Waals surface area contributed by atoms with E-state index in [-0.39, 0.29) is 5.82 Å². The summed E-state index contributed by atoms with van der Waals surface area (Å²) >= 11 is 0. The molecule has 2 atom stereocenters. The van der Waals surface area contributed by atoms with Crippen LogP contribution >= 0.6 is 0 Å². The van der Waals surface area contributed by atoms with Crippen LogP contribution in [0.2, 0.25) is 0 Å². The van der Waals surface area contributed by atoms with Crippen molar-refractivity contribution in [1.29, 1.82) is 0 Å². The van der Waals surface area contributed by atoms with E-state index in [9.17, 15) is 4.39 Å². The van der Waals surface area contributed by atoms with Gasteiger partial charge in [0.05, 0.1) is 0 Å². The Hall–Kier alpha value is -1.13. The molecule has 0 bridgehead atoms. The highest BCUT2D eigenvalue weighted by Crippen LogP contribution is 2.31. The molecule has 1 aromatic rings. The van der Waals surface area contributed by atoms with E-state index in [0.29, 0.717) is 18.6 Å². The Kier molecular flexibility index (Phi) is 3.94. The first-order valence-electron chi connectivity index (χ1n) is 7.63. The maximum absolute atomic E-state index is 14.1. The fraction of sp³-hybridized carbons (Fsp3) is 0.625. The lowest BCUT2D eigenvalue weighted by Gasteiger charge is -2.44. The van der Waals surface area contributed by atoms with Crippen LogP contribution in [0.5, 0.6) is 0 Å². The first-order valence-corrected chi connectivity index (χ1v) is 7.63. The van der Waals surface area contributed by atoms with E-state index in [4.69, 9.17) is 0 Å². The molecule has 3 rings (SSSR count). The monoisotopic (exact) mass is 277 g/mol. The van der Waals surface area contributed by atoms with E-state index in [1.165, 1.54) is 19.4 Å². The lowest BCUT2D eigenvalue weighted by atomic mass is 10.0. The third kappa shape index (κ3) is 2.42. The number of nitrogens with zero attached hydrogens (tertiary/aromatic N) is 2. The molecule has 3 nitrogen and oxygen atoms in total. The topological polar surface area (TPSA) is 18.5 Å². The molecular weight excluding hydrogens is 253 g/mol. The predicted molar refractivity (Wildman–Crippen MR) is 80.6 cm³/mol. The molecule has 0 spiro atoms. The van der Waals surface area contributed by atoms with E-state index in [1.54, 1.807) is 6.07 Å². The van der Waals surface area contributed by atoms with Gasteiger partial charge in [-0.1, -0.05) is 6.07 Å². The number of rotatable bonds is 3. The zero-order chi connectivity index (χ0) is 14.1. The second-order valence-corrected chi connectivity index (χ2v) is 6.06. The SMILES string of the molecule is CNCc1c(F)cccc1N1CC2CCCN2CC1C. The lowest BCUT2D eigenvalue weighted by Crippen LogP contribution is -2.55. The lowest BCUT2D eigenvalue weighted by molar-refractivity contribution is 0.202. The normalized spacial score (nSPS) is 26.9. The summed E-state index contributed by atoms with van der Waals surface area (Å²) in [7, 11) is 1.87. The maximum Gasteiger partial charge on any atom is 0.129 e. The van der Waals surface area contributed by atoms with Crippen LogP contribution in [-0.4, -0.2) is 43.7 Å². The Morgan fingerprint density at radius 3 is 3.00 bits per heavy atom. The van der Waals surface area contributed by atoms with E-state index < -0.39 is 0 Å². The highest BCUT2D eigenvalue weighted by atomic mass is 19.1. The van der Waals surface area contributed by atoms with Crippen molar-refractivity contribution in [2.45, 2.75) is 38.4 Å². The number of halogens is 1. The smallest absolute Gasteiger partial charge is 0.129 e. The third-order valence-corrected chi connectivity index (χ3v) is 4.69. The maximum atomic E-state index is 14.1. The molecule has 2 aliphatic heterocycles. The summed E-state index contributed by atoms with van der Waals surface area (Å²) in [5.41, 5.74) is 1.87. The van der Waals surface area contributed by atoms with Crippen molar-refractivity contribution in [3.63, 3.8) is 0 Å². The zero-order valence-corrected chi connectivity index (χ0v) is 12.4. The highest BCUT2D eigenvalue weighted by Gasteiger charge is 2.35. The second kappa shape index (κ2) is 5.70. The number of fused-ring (bicyclic) bond motifs is 1. The summed E-state index contributed by atoms with van der Waals surface area (Å²) in [4.78, 5) is 5.00. The molecule has 2 fully saturated rings. The Morgan fingerprint density at radius 1 is 1.35 bits per heavy atom. The minimum absolute atomic E-state index is 0.0992. The molecule has 2 heterocycles. The third-order valence-electron chi connectivity index (χ3n) is 4.69. The summed E-state index contributed by atoms with van der Waals surface area (Å²) in [6, 6.07) is 6.56. The van der Waals surface area contributed by atoms with Crippen LogP contribution in [0.25, 0.3) is 0 Å². The van der Waals surface area contributed by atoms with Crippen LogP contribution in [0.15, 0.2) is 18.2 Å². The van der Waals surface area contributed by atoms with Gasteiger partial charge < -0.3 is 10.2 Å². The van der Waals surface area contributed by atoms with Crippen LogP contribution in [0.1, 0.15) is 25.3 Å². The van der Waals surface area contributed by atoms with Crippen molar-refractivity contribution in [1.82, 2.24) is 10.2 Å². The van der Waals surface area contributed by atoms with Crippen LogP contribution in [0.3, 0.4) is 0 Å². The minimum atomic E-state index is -0.0992. The second-order valence-electron chi connectivity index (χ2n) is 6.06. The molecule has 2 saturated heterocycles. The van der Waals surface area contributed by atoms with Gasteiger partial charge in [-0.25, -0.2) is 4.39 Å². The van der Waals surface area contributed by atoms with E-state index in [1.807, 2.05) is 13.1 Å². The quantitative estimate of drug-likeness (QED) is 0.914. The molecular formula is C16H24FN3. The molecule has 4 heteroatoms. The van der Waals surface area contributed by atoms with Gasteiger partial charge in [-0.05, 0) is 45.5 Å². The van der Waals surface area contributed by atoms with Gasteiger partial charge in [0.25, 0.3) is 0 Å². The molecule has 0 saturated carbocycles. The first kappa shape index (κ1) is 13.8. The molecule has 0 aromatic heterocycles. The Morgan fingerprint density at radius 2 is 2.20 bits per heavy atom. The fourth-order valence-corrected chi connectivity index (χ4v) is 3.69. The molecule has 1 N–H and O–H groups in total. The van der Waals surface area contributed by atoms with Crippen molar-refractivity contribution < 1.29 is 4.39 Å². The zero-order valence-electron chi connectivity index (χ0n) is 12.4. The van der Waals surface area contributed by atoms with Gasteiger partial charge in [0.1, 0.15) is 5.82 Å². The van der Waals surface area contributed by atoms with Crippen LogP contribution < -0.4 is 10.2 Å². The van der Waals surface area contributed by atoms with Crippen LogP contribution in [0, 0.1) is 5.82 Å². The molecule has 1 aromatic carbocycles. The largest absolute Gasteiger partial charge is 0.366 e. The average Bonchev–Trinajstić information content (AvgIpc) is 2.87. The van der Waals surface area contributed by atoms with Crippen molar-refractivity contribution in [2.75, 3.05) is 31.6 Å². The van der Waals surface area contributed by atoms with Crippen LogP contribution in [-0.2, 0) is 6.54 Å². The number of hydrogen-bond donors (Lipinski definition) is 1. The van der Waals surface area contributed by atoms with Gasteiger partial charge in [-0.15, -0.1) is 0 Å². The van der Waals surface area contributed by atoms with Gasteiger partial charge in [0.2, 0.25) is 0 Å². The van der Waals surface area contributed by atoms with E-state index in [0.717, 1.165) is 24.3 Å². The highest BCUT2D eigenvalue weighted by molar-refractivity contribution is 5.55. The average molecular weight is 277 g/mol. The number of hydrogen-bond acceptors (Lipinski definition) is 3. The van der Waals surface area contributed by atoms with Crippen molar-refractivity contribution in [3.05, 3.63) is 29.6 Å². The fourth-order valence-electron chi connectivity index (χ4n) is 3.69. The van der Waals surface area contributed by atoms with Gasteiger partial charge in [-0.2, -0.15) is 0 Å². The van der Waals surface area contributed by atoms with Crippen molar-refractivity contribution in [2.24, 2.45) is 0 Å². The van der Waals surface area contributed by atoms with Gasteiger partial charge >= 0.3 is 0 Å². The van der Waals surface area contributed by atoms with Crippen molar-refractivity contribution in [3.8, 4) is 0 Å². The van der Waals surface area contributed by atoms with Gasteiger partial charge in [-0.3, -0.25) is 4.90 Å². The molecule has 0 amide bonds. The summed E-state index contributed by atoms with van der Waals surface area (Å²) in [5, 5.41) is 3.09. The van der Waals surface area contributed by atoms with Crippen LogP contribution in [0.4, 0.5) is 10.1 Å². The Labute approximate surface area is 120 Å². The summed E-state index contributed by atoms with van der Waals surface area (Å²) in [6.45, 7) is 6.19. The molecule has 0 radical (unpaired) electrons. The Balaban J connectivity index is 1.89. The van der Waals surface area contributed by atoms with Gasteiger partial charge in [0.15, 0.2) is 0 Å². The standard InChI is InChI=1S/C16H24FN3/c1-12-10-19-8-4-5-13(19)11-20(12)16-7-3-6-15(17)14(16)9-18-2/h3,6-7,12-13,18H,4-5,8-11H2,1-2H3. The summed E-state index contributed by atoms with van der Waals surface area (Å²) in [6.07, 6.45) is 2.58.